The highest BCUT2D eigenvalue weighted by molar-refractivity contribution is 5.13. The van der Waals surface area contributed by atoms with Gasteiger partial charge < -0.3 is 0 Å². The summed E-state index contributed by atoms with van der Waals surface area (Å²) in [5.41, 5.74) is 0.936. The molecule has 4 fully saturated rings. The minimum absolute atomic E-state index is 0.329. The van der Waals surface area contributed by atoms with Gasteiger partial charge in [-0.3, -0.25) is 0 Å². The molecule has 4 aliphatic rings. The van der Waals surface area contributed by atoms with E-state index in [4.69, 9.17) is 0 Å². The molecule has 0 bridgehead atoms. The van der Waals surface area contributed by atoms with Crippen LogP contribution >= 0.6 is 0 Å². The van der Waals surface area contributed by atoms with Crippen LogP contribution in [0.1, 0.15) is 79.1 Å². The fourth-order valence-electron chi connectivity index (χ4n) is 8.06. The lowest BCUT2D eigenvalue weighted by Crippen LogP contribution is -2.55. The molecule has 4 rings (SSSR count). The van der Waals surface area contributed by atoms with Crippen molar-refractivity contribution >= 4 is 0 Å². The molecule has 9 atom stereocenters. The van der Waals surface area contributed by atoms with Crippen molar-refractivity contribution in [2.24, 2.45) is 52.3 Å². The zero-order chi connectivity index (χ0) is 16.4. The quantitative estimate of drug-likeness (QED) is 0.534. The van der Waals surface area contributed by atoms with Gasteiger partial charge in [0.15, 0.2) is 0 Å². The molecule has 0 aromatic heterocycles. The highest BCUT2D eigenvalue weighted by Crippen LogP contribution is 2.68. The van der Waals surface area contributed by atoms with E-state index in [1.165, 1.54) is 51.4 Å². The van der Waals surface area contributed by atoms with Crippen molar-refractivity contribution in [1.82, 2.24) is 0 Å². The Bertz CT molecular complexity index is 519. The van der Waals surface area contributed by atoms with Crippen molar-refractivity contribution < 1.29 is 0 Å². The molecule has 4 saturated carbocycles. The van der Waals surface area contributed by atoms with Crippen molar-refractivity contribution in [2.75, 3.05) is 0 Å². The molecule has 0 radical (unpaired) electrons. The van der Waals surface area contributed by atoms with Gasteiger partial charge in [0.2, 0.25) is 0 Å². The third kappa shape index (κ3) is 2.09. The Balaban J connectivity index is 1.67. The van der Waals surface area contributed by atoms with Crippen molar-refractivity contribution in [3.8, 4) is 6.07 Å². The van der Waals surface area contributed by atoms with E-state index in [-0.39, 0.29) is 0 Å². The number of hydrogen-bond acceptors (Lipinski definition) is 1. The van der Waals surface area contributed by atoms with Crippen LogP contribution in [0.4, 0.5) is 0 Å². The maximum absolute atomic E-state index is 9.65. The van der Waals surface area contributed by atoms with Crippen LogP contribution in [0.15, 0.2) is 0 Å². The molecule has 0 amide bonds. The van der Waals surface area contributed by atoms with Gasteiger partial charge in [-0.1, -0.05) is 34.1 Å². The Hall–Kier alpha value is -0.510. The number of hydrogen-bond donors (Lipinski definition) is 0. The van der Waals surface area contributed by atoms with Crippen molar-refractivity contribution in [1.29, 1.82) is 5.26 Å². The minimum Gasteiger partial charge on any atom is -0.198 e. The highest BCUT2D eigenvalue weighted by Gasteiger charge is 2.61. The van der Waals surface area contributed by atoms with Crippen LogP contribution in [0.25, 0.3) is 0 Å². The summed E-state index contributed by atoms with van der Waals surface area (Å²) in [5, 5.41) is 9.65. The van der Waals surface area contributed by atoms with Crippen LogP contribution in [0.2, 0.25) is 0 Å². The maximum Gasteiger partial charge on any atom is 0.0661 e. The fraction of sp³-hybridized carbons (Fsp3) is 0.955. The third-order valence-corrected chi connectivity index (χ3v) is 9.44. The molecular weight excluding hydrogens is 278 g/mol. The van der Waals surface area contributed by atoms with E-state index in [1.54, 1.807) is 0 Å². The molecular formula is C22H35N. The Labute approximate surface area is 143 Å². The lowest BCUT2D eigenvalue weighted by Gasteiger charge is -2.62. The van der Waals surface area contributed by atoms with Gasteiger partial charge in [-0.25, -0.2) is 0 Å². The van der Waals surface area contributed by atoms with E-state index >= 15 is 0 Å². The summed E-state index contributed by atoms with van der Waals surface area (Å²) in [7, 11) is 0. The summed E-state index contributed by atoms with van der Waals surface area (Å²) < 4.78 is 0. The molecule has 1 nitrogen and oxygen atoms in total. The highest BCUT2D eigenvalue weighted by atomic mass is 14.7. The van der Waals surface area contributed by atoms with E-state index in [0.29, 0.717) is 16.7 Å². The molecule has 0 aliphatic heterocycles. The molecule has 1 heteroatoms. The first kappa shape index (κ1) is 16.0. The van der Waals surface area contributed by atoms with Gasteiger partial charge in [0.25, 0.3) is 0 Å². The Morgan fingerprint density at radius 3 is 2.30 bits per heavy atom. The number of nitriles is 1. The average Bonchev–Trinajstić information content (AvgIpc) is 2.85. The van der Waals surface area contributed by atoms with Gasteiger partial charge >= 0.3 is 0 Å². The molecule has 128 valence electrons. The minimum atomic E-state index is 0.329. The second-order valence-electron chi connectivity index (χ2n) is 10.4. The molecule has 23 heavy (non-hydrogen) atoms. The van der Waals surface area contributed by atoms with Crippen molar-refractivity contribution in [3.63, 3.8) is 0 Å². The Kier molecular flexibility index (Phi) is 3.64. The lowest BCUT2D eigenvalue weighted by molar-refractivity contribution is -0.137. The van der Waals surface area contributed by atoms with E-state index in [0.717, 1.165) is 35.5 Å². The van der Waals surface area contributed by atoms with Gasteiger partial charge in [0, 0.05) is 0 Å². The maximum atomic E-state index is 9.65. The van der Waals surface area contributed by atoms with Crippen molar-refractivity contribution in [2.45, 2.75) is 79.1 Å². The molecule has 0 heterocycles. The number of fused-ring (bicyclic) bond motifs is 5. The first-order chi connectivity index (χ1) is 10.9. The molecule has 8 unspecified atom stereocenters. The molecule has 0 spiro atoms. The lowest BCUT2D eigenvalue weighted by atomic mass is 9.42. The summed E-state index contributed by atoms with van der Waals surface area (Å²) in [6, 6.07) is 2.69. The van der Waals surface area contributed by atoms with Gasteiger partial charge in [0.1, 0.15) is 0 Å². The first-order valence-electron chi connectivity index (χ1n) is 10.3. The monoisotopic (exact) mass is 313 g/mol. The normalized spacial score (nSPS) is 58.7. The Morgan fingerprint density at radius 1 is 0.870 bits per heavy atom. The summed E-state index contributed by atoms with van der Waals surface area (Å²) >= 11 is 0. The van der Waals surface area contributed by atoms with Crippen LogP contribution in [-0.2, 0) is 0 Å². The van der Waals surface area contributed by atoms with Crippen LogP contribution in [0.5, 0.6) is 0 Å². The van der Waals surface area contributed by atoms with Crippen LogP contribution in [0.3, 0.4) is 0 Å². The zero-order valence-electron chi connectivity index (χ0n) is 15.6. The summed E-state index contributed by atoms with van der Waals surface area (Å²) in [6.45, 7) is 10.2. The molecule has 0 aromatic carbocycles. The zero-order valence-corrected chi connectivity index (χ0v) is 15.6. The molecule has 0 saturated heterocycles. The van der Waals surface area contributed by atoms with Crippen LogP contribution < -0.4 is 0 Å². The SMILES string of the molecule is CC1CCC2(C)C(C1)CC(C)C1C2CCC2(C)C1CC[C@@H]2C#N. The van der Waals surface area contributed by atoms with E-state index in [9.17, 15) is 5.26 Å². The summed E-state index contributed by atoms with van der Waals surface area (Å²) in [4.78, 5) is 0. The van der Waals surface area contributed by atoms with Gasteiger partial charge in [0.05, 0.1) is 12.0 Å². The third-order valence-electron chi connectivity index (χ3n) is 9.44. The van der Waals surface area contributed by atoms with Gasteiger partial charge in [-0.2, -0.15) is 5.26 Å². The second-order valence-corrected chi connectivity index (χ2v) is 10.4. The van der Waals surface area contributed by atoms with Gasteiger partial charge in [-0.05, 0) is 91.3 Å². The molecule has 0 aromatic rings. The van der Waals surface area contributed by atoms with Gasteiger partial charge in [-0.15, -0.1) is 0 Å². The first-order valence-corrected chi connectivity index (χ1v) is 10.3. The Morgan fingerprint density at radius 2 is 1.57 bits per heavy atom. The predicted octanol–water partition coefficient (Wildman–Crippen LogP) is 6.05. The smallest absolute Gasteiger partial charge is 0.0661 e. The van der Waals surface area contributed by atoms with E-state index in [1.807, 2.05) is 0 Å². The van der Waals surface area contributed by atoms with Crippen LogP contribution in [-0.4, -0.2) is 0 Å². The van der Waals surface area contributed by atoms with E-state index < -0.39 is 0 Å². The van der Waals surface area contributed by atoms with Crippen LogP contribution in [0, 0.1) is 63.6 Å². The second kappa shape index (κ2) is 5.24. The topological polar surface area (TPSA) is 23.8 Å². The molecule has 4 aliphatic carbocycles. The number of rotatable bonds is 0. The number of nitrogens with zero attached hydrogens (tertiary/aromatic N) is 1. The standard InChI is InChI=1S/C22H35N/c1-14-7-9-22(4)17(11-14)12-15(2)20-18-6-5-16(13-23)21(18,3)10-8-19(20)22/h14-20H,5-12H2,1-4H3/t14?,15?,16-,17?,18?,19?,20?,21?,22?/m1/s1. The largest absolute Gasteiger partial charge is 0.198 e. The predicted molar refractivity (Wildman–Crippen MR) is 94.5 cm³/mol. The summed E-state index contributed by atoms with van der Waals surface area (Å²) in [5.74, 6) is 5.81. The van der Waals surface area contributed by atoms with E-state index in [2.05, 4.69) is 33.8 Å². The van der Waals surface area contributed by atoms with Crippen molar-refractivity contribution in [3.05, 3.63) is 0 Å². The fourth-order valence-corrected chi connectivity index (χ4v) is 8.06. The summed E-state index contributed by atoms with van der Waals surface area (Å²) in [6.07, 6.45) is 11.1. The average molecular weight is 314 g/mol. The molecule has 0 N–H and O–H groups in total.